The molecule has 0 atom stereocenters. The van der Waals surface area contributed by atoms with E-state index in [1.54, 1.807) is 7.05 Å². The topological polar surface area (TPSA) is 66.5 Å². The first-order valence-electron chi connectivity index (χ1n) is 5.86. The Balaban J connectivity index is 2.57. The number of carbonyl (C=O) groups is 1. The minimum absolute atomic E-state index is 0.0167. The van der Waals surface area contributed by atoms with E-state index in [0.717, 1.165) is 12.1 Å². The molecule has 0 unspecified atom stereocenters. The lowest BCUT2D eigenvalue weighted by atomic mass is 10.4. The lowest BCUT2D eigenvalue weighted by Crippen LogP contribution is -2.32. The van der Waals surface area contributed by atoms with Gasteiger partial charge in [0.1, 0.15) is 5.82 Å². The van der Waals surface area contributed by atoms with Gasteiger partial charge >= 0.3 is 0 Å². The Kier molecular flexibility index (Phi) is 5.44. The second kappa shape index (κ2) is 6.63. The van der Waals surface area contributed by atoms with Crippen molar-refractivity contribution in [2.45, 2.75) is 18.2 Å². The van der Waals surface area contributed by atoms with Crippen molar-refractivity contribution in [3.8, 4) is 0 Å². The summed E-state index contributed by atoms with van der Waals surface area (Å²) in [6, 6.07) is 4.50. The predicted octanol–water partition coefficient (Wildman–Crippen LogP) is 0.972. The molecule has 1 aromatic rings. The molecular formula is C12H17FN2O3S. The van der Waals surface area contributed by atoms with Crippen molar-refractivity contribution in [3.05, 3.63) is 30.1 Å². The van der Waals surface area contributed by atoms with Gasteiger partial charge in [-0.1, -0.05) is 0 Å². The van der Waals surface area contributed by atoms with Crippen molar-refractivity contribution in [1.82, 2.24) is 9.62 Å². The molecule has 0 fully saturated rings. The van der Waals surface area contributed by atoms with Gasteiger partial charge in [-0.05, 0) is 31.2 Å². The lowest BCUT2D eigenvalue weighted by molar-refractivity contribution is -0.129. The molecule has 1 N–H and O–H groups in total. The van der Waals surface area contributed by atoms with E-state index in [-0.39, 0.29) is 23.8 Å². The number of sulfonamides is 1. The van der Waals surface area contributed by atoms with Crippen LogP contribution in [0.15, 0.2) is 29.2 Å². The molecule has 0 saturated heterocycles. The molecule has 0 aromatic heterocycles. The van der Waals surface area contributed by atoms with Gasteiger partial charge in [0.05, 0.1) is 4.90 Å². The Morgan fingerprint density at radius 2 is 1.89 bits per heavy atom. The van der Waals surface area contributed by atoms with Crippen LogP contribution in [0.3, 0.4) is 0 Å². The molecule has 0 spiro atoms. The van der Waals surface area contributed by atoms with E-state index in [1.807, 2.05) is 6.92 Å². The summed E-state index contributed by atoms with van der Waals surface area (Å²) < 4.78 is 38.6. The van der Waals surface area contributed by atoms with Crippen molar-refractivity contribution in [2.75, 3.05) is 20.1 Å². The van der Waals surface area contributed by atoms with E-state index < -0.39 is 15.8 Å². The van der Waals surface area contributed by atoms with Crippen molar-refractivity contribution in [2.24, 2.45) is 0 Å². The first-order valence-corrected chi connectivity index (χ1v) is 7.34. The first kappa shape index (κ1) is 15.6. The molecular weight excluding hydrogens is 271 g/mol. The molecule has 1 aromatic carbocycles. The number of halogens is 1. The molecule has 1 amide bonds. The fraction of sp³-hybridized carbons (Fsp3) is 0.417. The number of amides is 1. The molecule has 0 bridgehead atoms. The number of nitrogens with zero attached hydrogens (tertiary/aromatic N) is 1. The van der Waals surface area contributed by atoms with Gasteiger partial charge in [0.25, 0.3) is 0 Å². The summed E-state index contributed by atoms with van der Waals surface area (Å²) in [6.07, 6.45) is 0.0881. The van der Waals surface area contributed by atoms with Crippen LogP contribution >= 0.6 is 0 Å². The van der Waals surface area contributed by atoms with E-state index in [1.165, 1.54) is 17.0 Å². The predicted molar refractivity (Wildman–Crippen MR) is 69.5 cm³/mol. The lowest BCUT2D eigenvalue weighted by Gasteiger charge is -2.14. The van der Waals surface area contributed by atoms with Crippen LogP contribution < -0.4 is 4.72 Å². The van der Waals surface area contributed by atoms with Crippen molar-refractivity contribution >= 4 is 15.9 Å². The molecule has 0 heterocycles. The molecule has 106 valence electrons. The standard InChI is InChI=1S/C12H17FN2O3S/c1-3-15(2)12(16)8-9-14-19(17,18)11-6-4-10(13)5-7-11/h4-7,14H,3,8-9H2,1-2H3. The molecule has 0 aliphatic carbocycles. The van der Waals surface area contributed by atoms with Crippen LogP contribution in [0.5, 0.6) is 0 Å². The number of rotatable bonds is 6. The third-order valence-corrected chi connectivity index (χ3v) is 4.13. The minimum atomic E-state index is -3.69. The summed E-state index contributed by atoms with van der Waals surface area (Å²) in [5.41, 5.74) is 0. The summed E-state index contributed by atoms with van der Waals surface area (Å²) in [6.45, 7) is 2.42. The van der Waals surface area contributed by atoms with Crippen LogP contribution in [0.2, 0.25) is 0 Å². The maximum Gasteiger partial charge on any atom is 0.240 e. The van der Waals surface area contributed by atoms with E-state index in [4.69, 9.17) is 0 Å². The minimum Gasteiger partial charge on any atom is -0.346 e. The summed E-state index contributed by atoms with van der Waals surface area (Å²) in [5.74, 6) is -0.636. The highest BCUT2D eigenvalue weighted by Crippen LogP contribution is 2.09. The van der Waals surface area contributed by atoms with Crippen LogP contribution in [0.25, 0.3) is 0 Å². The highest BCUT2D eigenvalue weighted by molar-refractivity contribution is 7.89. The highest BCUT2D eigenvalue weighted by Gasteiger charge is 2.14. The van der Waals surface area contributed by atoms with Crippen LogP contribution in [-0.2, 0) is 14.8 Å². The summed E-state index contributed by atoms with van der Waals surface area (Å²) in [7, 11) is -2.04. The smallest absolute Gasteiger partial charge is 0.240 e. The van der Waals surface area contributed by atoms with Gasteiger partial charge in [0.15, 0.2) is 0 Å². The van der Waals surface area contributed by atoms with Crippen LogP contribution in [0, 0.1) is 5.82 Å². The van der Waals surface area contributed by atoms with Gasteiger partial charge < -0.3 is 4.90 Å². The maximum atomic E-state index is 12.7. The first-order chi connectivity index (χ1) is 8.86. The zero-order chi connectivity index (χ0) is 14.5. The van der Waals surface area contributed by atoms with Crippen molar-refractivity contribution in [3.63, 3.8) is 0 Å². The number of nitrogens with one attached hydrogen (secondary N) is 1. The highest BCUT2D eigenvalue weighted by atomic mass is 32.2. The molecule has 0 radical (unpaired) electrons. The summed E-state index contributed by atoms with van der Waals surface area (Å²) >= 11 is 0. The maximum absolute atomic E-state index is 12.7. The quantitative estimate of drug-likeness (QED) is 0.848. The van der Waals surface area contributed by atoms with E-state index >= 15 is 0 Å². The molecule has 0 saturated carbocycles. The monoisotopic (exact) mass is 288 g/mol. The van der Waals surface area contributed by atoms with Gasteiger partial charge in [-0.2, -0.15) is 0 Å². The van der Waals surface area contributed by atoms with Crippen LogP contribution in [-0.4, -0.2) is 39.4 Å². The van der Waals surface area contributed by atoms with E-state index in [0.29, 0.717) is 6.54 Å². The average molecular weight is 288 g/mol. The summed E-state index contributed by atoms with van der Waals surface area (Å²) in [4.78, 5) is 13.0. The zero-order valence-electron chi connectivity index (χ0n) is 10.9. The van der Waals surface area contributed by atoms with Gasteiger partial charge in [-0.25, -0.2) is 17.5 Å². The normalized spacial score (nSPS) is 11.3. The van der Waals surface area contributed by atoms with Gasteiger partial charge in [-0.3, -0.25) is 4.79 Å². The SMILES string of the molecule is CCN(C)C(=O)CCNS(=O)(=O)c1ccc(F)cc1. The zero-order valence-corrected chi connectivity index (χ0v) is 11.7. The van der Waals surface area contributed by atoms with Crippen molar-refractivity contribution < 1.29 is 17.6 Å². The Morgan fingerprint density at radius 1 is 1.32 bits per heavy atom. The van der Waals surface area contributed by atoms with Crippen LogP contribution in [0.1, 0.15) is 13.3 Å². The Morgan fingerprint density at radius 3 is 2.42 bits per heavy atom. The van der Waals surface area contributed by atoms with Crippen LogP contribution in [0.4, 0.5) is 4.39 Å². The van der Waals surface area contributed by atoms with Crippen molar-refractivity contribution in [1.29, 1.82) is 0 Å². The molecule has 1 rings (SSSR count). The number of hydrogen-bond acceptors (Lipinski definition) is 3. The van der Waals surface area contributed by atoms with Gasteiger partial charge in [0, 0.05) is 26.6 Å². The Hall–Kier alpha value is -1.47. The molecule has 7 heteroatoms. The third kappa shape index (κ3) is 4.60. The number of benzene rings is 1. The van der Waals surface area contributed by atoms with E-state index in [9.17, 15) is 17.6 Å². The molecule has 0 aliphatic rings. The van der Waals surface area contributed by atoms with E-state index in [2.05, 4.69) is 4.72 Å². The fourth-order valence-electron chi connectivity index (χ4n) is 1.36. The molecule has 19 heavy (non-hydrogen) atoms. The van der Waals surface area contributed by atoms with Gasteiger partial charge in [0.2, 0.25) is 15.9 Å². The Labute approximate surface area is 112 Å². The number of carbonyl (C=O) groups excluding carboxylic acids is 1. The average Bonchev–Trinajstić information content (AvgIpc) is 2.37. The fourth-order valence-corrected chi connectivity index (χ4v) is 2.39. The molecule has 0 aliphatic heterocycles. The second-order valence-corrected chi connectivity index (χ2v) is 5.78. The summed E-state index contributed by atoms with van der Waals surface area (Å²) in [5, 5.41) is 0. The van der Waals surface area contributed by atoms with Gasteiger partial charge in [-0.15, -0.1) is 0 Å². The third-order valence-electron chi connectivity index (χ3n) is 2.65. The number of hydrogen-bond donors (Lipinski definition) is 1. The molecule has 5 nitrogen and oxygen atoms in total. The largest absolute Gasteiger partial charge is 0.346 e. The Bertz CT molecular complexity index is 528. The second-order valence-electron chi connectivity index (χ2n) is 4.01.